The second-order valence-electron chi connectivity index (χ2n) is 5.99. The number of nitrogens with zero attached hydrogens (tertiary/aromatic N) is 1. The first-order valence-electron chi connectivity index (χ1n) is 7.42. The molecule has 1 aromatic rings. The maximum atomic E-state index is 12.2. The molecular weight excluding hydrogens is 272 g/mol. The van der Waals surface area contributed by atoms with Crippen molar-refractivity contribution >= 4 is 23.2 Å². The van der Waals surface area contributed by atoms with E-state index in [4.69, 9.17) is 0 Å². The molecule has 1 atom stereocenters. The van der Waals surface area contributed by atoms with Gasteiger partial charge < -0.3 is 5.32 Å². The molecule has 0 spiro atoms. The Balaban J connectivity index is 1.39. The van der Waals surface area contributed by atoms with Crippen LogP contribution in [0.2, 0.25) is 0 Å². The smallest absolute Gasteiger partial charge is 0.247 e. The normalized spacial score (nSPS) is 25.6. The van der Waals surface area contributed by atoms with Gasteiger partial charge in [0, 0.05) is 22.3 Å². The number of aryl methyl sites for hydroxylation is 2. The van der Waals surface area contributed by atoms with Crippen molar-refractivity contribution in [3.8, 4) is 0 Å². The van der Waals surface area contributed by atoms with Crippen molar-refractivity contribution in [1.82, 2.24) is 10.2 Å². The molecule has 1 unspecified atom stereocenters. The highest BCUT2D eigenvalue weighted by molar-refractivity contribution is 7.12. The summed E-state index contributed by atoms with van der Waals surface area (Å²) in [6.45, 7) is 0.708. The number of carbonyl (C=O) groups is 2. The van der Waals surface area contributed by atoms with Crippen LogP contribution in [0, 0.1) is 0 Å². The summed E-state index contributed by atoms with van der Waals surface area (Å²) in [5.41, 5.74) is 1.49. The Morgan fingerprint density at radius 3 is 2.90 bits per heavy atom. The summed E-state index contributed by atoms with van der Waals surface area (Å²) in [6.07, 6.45) is 5.99. The molecule has 4 rings (SSSR count). The van der Waals surface area contributed by atoms with Gasteiger partial charge in [0.15, 0.2) is 0 Å². The number of thiophene rings is 1. The van der Waals surface area contributed by atoms with Crippen LogP contribution in [0.5, 0.6) is 0 Å². The molecule has 1 saturated heterocycles. The van der Waals surface area contributed by atoms with Crippen LogP contribution in [0.4, 0.5) is 0 Å². The van der Waals surface area contributed by atoms with Gasteiger partial charge in [0.25, 0.3) is 0 Å². The number of fused-ring (bicyclic) bond motifs is 1. The van der Waals surface area contributed by atoms with Crippen molar-refractivity contribution in [1.29, 1.82) is 0 Å². The monoisotopic (exact) mass is 290 g/mol. The molecule has 5 heteroatoms. The van der Waals surface area contributed by atoms with Gasteiger partial charge in [-0.25, -0.2) is 0 Å². The lowest BCUT2D eigenvalue weighted by atomic mass is 10.2. The van der Waals surface area contributed by atoms with Crippen LogP contribution in [0.3, 0.4) is 0 Å². The Morgan fingerprint density at radius 1 is 1.30 bits per heavy atom. The SMILES string of the molecule is O=C1CC(NCc2cc3c(s2)CCC3)C(=O)N1C1CC1. The zero-order valence-electron chi connectivity index (χ0n) is 11.4. The number of hydrogen-bond acceptors (Lipinski definition) is 4. The molecule has 2 amide bonds. The molecule has 106 valence electrons. The maximum Gasteiger partial charge on any atom is 0.247 e. The van der Waals surface area contributed by atoms with Gasteiger partial charge in [0.05, 0.1) is 12.5 Å². The molecule has 0 bridgehead atoms. The van der Waals surface area contributed by atoms with E-state index in [-0.39, 0.29) is 23.9 Å². The fourth-order valence-corrected chi connectivity index (χ4v) is 4.44. The molecule has 1 aromatic heterocycles. The zero-order chi connectivity index (χ0) is 13.7. The van der Waals surface area contributed by atoms with Crippen LogP contribution >= 0.6 is 11.3 Å². The van der Waals surface area contributed by atoms with E-state index in [9.17, 15) is 9.59 Å². The zero-order valence-corrected chi connectivity index (χ0v) is 12.2. The average Bonchev–Trinajstić information content (AvgIpc) is 2.90. The first kappa shape index (κ1) is 12.5. The third-order valence-electron chi connectivity index (χ3n) is 4.42. The van der Waals surface area contributed by atoms with E-state index in [2.05, 4.69) is 11.4 Å². The highest BCUT2D eigenvalue weighted by Gasteiger charge is 2.45. The molecule has 1 saturated carbocycles. The molecule has 0 aromatic carbocycles. The van der Waals surface area contributed by atoms with Crippen LogP contribution in [-0.2, 0) is 29.0 Å². The van der Waals surface area contributed by atoms with E-state index in [1.165, 1.54) is 39.5 Å². The minimum Gasteiger partial charge on any atom is -0.300 e. The Kier molecular flexibility index (Phi) is 2.93. The van der Waals surface area contributed by atoms with Gasteiger partial charge in [-0.3, -0.25) is 14.5 Å². The number of amides is 2. The molecule has 2 fully saturated rings. The molecule has 4 nitrogen and oxygen atoms in total. The van der Waals surface area contributed by atoms with Crippen LogP contribution in [0.1, 0.15) is 41.0 Å². The van der Waals surface area contributed by atoms with Gasteiger partial charge in [-0.2, -0.15) is 0 Å². The van der Waals surface area contributed by atoms with E-state index >= 15 is 0 Å². The lowest BCUT2D eigenvalue weighted by Gasteiger charge is -2.14. The van der Waals surface area contributed by atoms with Gasteiger partial charge in [0.1, 0.15) is 0 Å². The van der Waals surface area contributed by atoms with Gasteiger partial charge in [-0.05, 0) is 43.7 Å². The summed E-state index contributed by atoms with van der Waals surface area (Å²) in [4.78, 5) is 28.4. The Bertz CT molecular complexity index is 555. The van der Waals surface area contributed by atoms with Crippen molar-refractivity contribution in [2.24, 2.45) is 0 Å². The number of likely N-dealkylation sites (tertiary alicyclic amines) is 1. The summed E-state index contributed by atoms with van der Waals surface area (Å²) in [6, 6.07) is 2.16. The van der Waals surface area contributed by atoms with E-state index in [0.29, 0.717) is 13.0 Å². The van der Waals surface area contributed by atoms with Crippen molar-refractivity contribution < 1.29 is 9.59 Å². The minimum atomic E-state index is -0.306. The van der Waals surface area contributed by atoms with Gasteiger partial charge in [-0.15, -0.1) is 11.3 Å². The molecule has 2 heterocycles. The maximum absolute atomic E-state index is 12.2. The second kappa shape index (κ2) is 4.67. The number of hydrogen-bond donors (Lipinski definition) is 1. The predicted molar refractivity (Wildman–Crippen MR) is 76.5 cm³/mol. The highest BCUT2D eigenvalue weighted by atomic mass is 32.1. The number of nitrogens with one attached hydrogen (secondary N) is 1. The van der Waals surface area contributed by atoms with Gasteiger partial charge in [-0.1, -0.05) is 0 Å². The Morgan fingerprint density at radius 2 is 2.15 bits per heavy atom. The quantitative estimate of drug-likeness (QED) is 0.857. The molecule has 0 radical (unpaired) electrons. The highest BCUT2D eigenvalue weighted by Crippen LogP contribution is 2.32. The summed E-state index contributed by atoms with van der Waals surface area (Å²) in [5.74, 6) is -0.00901. The lowest BCUT2D eigenvalue weighted by Crippen LogP contribution is -2.39. The second-order valence-corrected chi connectivity index (χ2v) is 7.21. The number of imide groups is 1. The Labute approximate surface area is 122 Å². The standard InChI is InChI=1S/C15H18N2O2S/c18-14-7-12(15(19)17(14)10-4-5-10)16-8-11-6-9-2-1-3-13(9)20-11/h6,10,12,16H,1-5,7-8H2. The average molecular weight is 290 g/mol. The van der Waals surface area contributed by atoms with Crippen LogP contribution in [0.15, 0.2) is 6.07 Å². The predicted octanol–water partition coefficient (Wildman–Crippen LogP) is 1.62. The van der Waals surface area contributed by atoms with E-state index in [0.717, 1.165) is 12.8 Å². The summed E-state index contributed by atoms with van der Waals surface area (Å²) >= 11 is 1.85. The third kappa shape index (κ3) is 2.09. The van der Waals surface area contributed by atoms with E-state index in [1.54, 1.807) is 0 Å². The van der Waals surface area contributed by atoms with Crippen molar-refractivity contribution in [3.63, 3.8) is 0 Å². The first-order chi connectivity index (χ1) is 9.72. The Hall–Kier alpha value is -1.20. The fraction of sp³-hybridized carbons (Fsp3) is 0.600. The molecule has 1 N–H and O–H groups in total. The lowest BCUT2D eigenvalue weighted by molar-refractivity contribution is -0.139. The third-order valence-corrected chi connectivity index (χ3v) is 5.65. The molecular formula is C15H18N2O2S. The van der Waals surface area contributed by atoms with Gasteiger partial charge >= 0.3 is 0 Å². The molecule has 20 heavy (non-hydrogen) atoms. The molecule has 2 aliphatic carbocycles. The number of rotatable bonds is 4. The van der Waals surface area contributed by atoms with Crippen molar-refractivity contribution in [2.45, 2.75) is 57.2 Å². The fourth-order valence-electron chi connectivity index (χ4n) is 3.23. The minimum absolute atomic E-state index is 0.00340. The first-order valence-corrected chi connectivity index (χ1v) is 8.24. The topological polar surface area (TPSA) is 49.4 Å². The van der Waals surface area contributed by atoms with Crippen LogP contribution in [0.25, 0.3) is 0 Å². The summed E-state index contributed by atoms with van der Waals surface area (Å²) in [5, 5.41) is 3.28. The largest absolute Gasteiger partial charge is 0.300 e. The van der Waals surface area contributed by atoms with Crippen LogP contribution in [-0.4, -0.2) is 28.8 Å². The van der Waals surface area contributed by atoms with E-state index in [1.807, 2.05) is 11.3 Å². The molecule has 1 aliphatic heterocycles. The van der Waals surface area contributed by atoms with Crippen LogP contribution < -0.4 is 5.32 Å². The van der Waals surface area contributed by atoms with Gasteiger partial charge in [0.2, 0.25) is 11.8 Å². The van der Waals surface area contributed by atoms with E-state index < -0.39 is 0 Å². The van der Waals surface area contributed by atoms with Crippen molar-refractivity contribution in [2.75, 3.05) is 0 Å². The number of carbonyl (C=O) groups excluding carboxylic acids is 2. The molecule has 3 aliphatic rings. The summed E-state index contributed by atoms with van der Waals surface area (Å²) in [7, 11) is 0. The van der Waals surface area contributed by atoms with Crippen molar-refractivity contribution in [3.05, 3.63) is 21.4 Å². The summed E-state index contributed by atoms with van der Waals surface area (Å²) < 4.78 is 0.